The van der Waals surface area contributed by atoms with Crippen LogP contribution in [0, 0.1) is 6.92 Å². The number of aromatic nitrogens is 2. The first kappa shape index (κ1) is 14.4. The summed E-state index contributed by atoms with van der Waals surface area (Å²) in [5.41, 5.74) is 1.08. The van der Waals surface area contributed by atoms with E-state index in [-0.39, 0.29) is 0 Å². The number of aldehydes is 1. The molecule has 0 aromatic carbocycles. The highest BCUT2D eigenvalue weighted by Gasteiger charge is 2.14. The van der Waals surface area contributed by atoms with Crippen LogP contribution in [0.25, 0.3) is 0 Å². The summed E-state index contributed by atoms with van der Waals surface area (Å²) in [6.07, 6.45) is 0.725. The smallest absolute Gasteiger partial charge is 0.155 e. The van der Waals surface area contributed by atoms with Crippen molar-refractivity contribution in [3.05, 3.63) is 16.4 Å². The summed E-state index contributed by atoms with van der Waals surface area (Å²) in [5, 5.41) is 4.51. The number of carbonyl (C=O) groups is 1. The van der Waals surface area contributed by atoms with E-state index in [1.165, 1.54) is 4.68 Å². The van der Waals surface area contributed by atoms with E-state index in [1.54, 1.807) is 6.92 Å². The highest BCUT2D eigenvalue weighted by Crippen LogP contribution is 2.17. The van der Waals surface area contributed by atoms with Crippen molar-refractivity contribution in [2.75, 3.05) is 6.61 Å². The lowest BCUT2D eigenvalue weighted by Crippen LogP contribution is -2.22. The van der Waals surface area contributed by atoms with Gasteiger partial charge in [0.1, 0.15) is 11.9 Å². The molecule has 17 heavy (non-hydrogen) atoms. The molecule has 0 atom stereocenters. The normalized spacial score (nSPS) is 11.8. The Kier molecular flexibility index (Phi) is 4.91. The standard InChI is InChI=1S/C11H19ClN2O2Si/c1-9-10(7-15)11(12)14(13-9)8-16-5-6-17(2,3)4/h7H,5-6,8H2,1-4H3. The molecule has 0 radical (unpaired) electrons. The maximum atomic E-state index is 10.7. The molecular formula is C11H19ClN2O2Si. The Bertz CT molecular complexity index is 399. The Hall–Kier alpha value is -0.653. The first-order valence-corrected chi connectivity index (χ1v) is 9.69. The van der Waals surface area contributed by atoms with Crippen molar-refractivity contribution in [1.82, 2.24) is 9.78 Å². The van der Waals surface area contributed by atoms with Gasteiger partial charge in [-0.05, 0) is 13.0 Å². The molecule has 0 aliphatic rings. The highest BCUT2D eigenvalue weighted by atomic mass is 35.5. The molecule has 1 heterocycles. The molecule has 0 saturated carbocycles. The maximum absolute atomic E-state index is 10.7. The zero-order valence-corrected chi connectivity index (χ0v) is 12.5. The molecule has 0 fully saturated rings. The van der Waals surface area contributed by atoms with Gasteiger partial charge in [-0.25, -0.2) is 4.68 Å². The number of carbonyl (C=O) groups excluding carboxylic acids is 1. The summed E-state index contributed by atoms with van der Waals surface area (Å²) in [4.78, 5) is 10.7. The lowest BCUT2D eigenvalue weighted by Gasteiger charge is -2.15. The van der Waals surface area contributed by atoms with E-state index >= 15 is 0 Å². The first-order chi connectivity index (χ1) is 7.85. The largest absolute Gasteiger partial charge is 0.359 e. The van der Waals surface area contributed by atoms with Gasteiger partial charge in [-0.1, -0.05) is 31.2 Å². The number of hydrogen-bond acceptors (Lipinski definition) is 3. The minimum absolute atomic E-state index is 0.304. The topological polar surface area (TPSA) is 44.1 Å². The van der Waals surface area contributed by atoms with Crippen LogP contribution >= 0.6 is 11.6 Å². The van der Waals surface area contributed by atoms with Crippen molar-refractivity contribution in [2.45, 2.75) is 39.3 Å². The fourth-order valence-corrected chi connectivity index (χ4v) is 2.34. The third-order valence-corrected chi connectivity index (χ3v) is 4.54. The van der Waals surface area contributed by atoms with E-state index in [2.05, 4.69) is 24.7 Å². The number of halogens is 1. The molecule has 4 nitrogen and oxygen atoms in total. The van der Waals surface area contributed by atoms with Crippen molar-refractivity contribution in [3.63, 3.8) is 0 Å². The fourth-order valence-electron chi connectivity index (χ4n) is 1.32. The Morgan fingerprint density at radius 2 is 2.12 bits per heavy atom. The van der Waals surface area contributed by atoms with Crippen LogP contribution in [-0.4, -0.2) is 30.7 Å². The molecule has 1 rings (SSSR count). The Morgan fingerprint density at radius 3 is 2.59 bits per heavy atom. The van der Waals surface area contributed by atoms with Gasteiger partial charge in [0.15, 0.2) is 6.29 Å². The minimum atomic E-state index is -1.07. The lowest BCUT2D eigenvalue weighted by molar-refractivity contribution is 0.0785. The summed E-state index contributed by atoms with van der Waals surface area (Å²) in [5.74, 6) is 0. The van der Waals surface area contributed by atoms with Crippen LogP contribution in [0.5, 0.6) is 0 Å². The number of rotatable bonds is 6. The molecule has 1 aromatic heterocycles. The number of ether oxygens (including phenoxy) is 1. The van der Waals surface area contributed by atoms with E-state index in [4.69, 9.17) is 16.3 Å². The van der Waals surface area contributed by atoms with Crippen LogP contribution < -0.4 is 0 Å². The third-order valence-electron chi connectivity index (χ3n) is 2.44. The van der Waals surface area contributed by atoms with Gasteiger partial charge in [0.05, 0.1) is 11.3 Å². The van der Waals surface area contributed by atoms with Gasteiger partial charge in [0.2, 0.25) is 0 Å². The molecule has 1 aromatic rings. The summed E-state index contributed by atoms with van der Waals surface area (Å²) in [6, 6.07) is 1.10. The molecule has 0 aliphatic carbocycles. The SMILES string of the molecule is Cc1nn(COCC[Si](C)(C)C)c(Cl)c1C=O. The van der Waals surface area contributed by atoms with Gasteiger partial charge in [-0.3, -0.25) is 4.79 Å². The Labute approximate surface area is 108 Å². The van der Waals surface area contributed by atoms with Crippen molar-refractivity contribution in [1.29, 1.82) is 0 Å². The van der Waals surface area contributed by atoms with Gasteiger partial charge in [-0.2, -0.15) is 5.10 Å². The molecule has 0 bridgehead atoms. The van der Waals surface area contributed by atoms with Crippen LogP contribution in [-0.2, 0) is 11.5 Å². The molecule has 96 valence electrons. The van der Waals surface area contributed by atoms with Crippen molar-refractivity contribution in [3.8, 4) is 0 Å². The van der Waals surface area contributed by atoms with Crippen molar-refractivity contribution in [2.24, 2.45) is 0 Å². The van der Waals surface area contributed by atoms with Gasteiger partial charge in [0.25, 0.3) is 0 Å². The van der Waals surface area contributed by atoms with E-state index in [1.807, 2.05) is 0 Å². The molecule has 0 N–H and O–H groups in total. The van der Waals surface area contributed by atoms with Crippen LogP contribution in [0.15, 0.2) is 0 Å². The van der Waals surface area contributed by atoms with Gasteiger partial charge < -0.3 is 4.74 Å². The second-order valence-electron chi connectivity index (χ2n) is 5.26. The monoisotopic (exact) mass is 274 g/mol. The molecule has 0 aliphatic heterocycles. The quantitative estimate of drug-likeness (QED) is 0.455. The third kappa shape index (κ3) is 4.26. The van der Waals surface area contributed by atoms with Gasteiger partial charge in [0, 0.05) is 14.7 Å². The van der Waals surface area contributed by atoms with E-state index in [9.17, 15) is 4.79 Å². The summed E-state index contributed by atoms with van der Waals surface area (Å²) >= 11 is 6.00. The van der Waals surface area contributed by atoms with Gasteiger partial charge >= 0.3 is 0 Å². The summed E-state index contributed by atoms with van der Waals surface area (Å²) in [7, 11) is -1.07. The van der Waals surface area contributed by atoms with Crippen LogP contribution in [0.4, 0.5) is 0 Å². The highest BCUT2D eigenvalue weighted by molar-refractivity contribution is 6.76. The zero-order valence-electron chi connectivity index (χ0n) is 10.8. The summed E-state index contributed by atoms with van der Waals surface area (Å²) in [6.45, 7) is 9.66. The molecular weight excluding hydrogens is 256 g/mol. The molecule has 0 amide bonds. The second kappa shape index (κ2) is 5.80. The van der Waals surface area contributed by atoms with E-state index in [0.29, 0.717) is 29.7 Å². The average molecular weight is 275 g/mol. The minimum Gasteiger partial charge on any atom is -0.359 e. The predicted molar refractivity (Wildman–Crippen MR) is 71.5 cm³/mol. The molecule has 0 saturated heterocycles. The molecule has 0 unspecified atom stereocenters. The second-order valence-corrected chi connectivity index (χ2v) is 11.2. The van der Waals surface area contributed by atoms with E-state index < -0.39 is 8.07 Å². The van der Waals surface area contributed by atoms with Crippen molar-refractivity contribution < 1.29 is 9.53 Å². The fraction of sp³-hybridized carbons (Fsp3) is 0.636. The first-order valence-electron chi connectivity index (χ1n) is 5.61. The van der Waals surface area contributed by atoms with Crippen LogP contribution in [0.1, 0.15) is 16.1 Å². The van der Waals surface area contributed by atoms with Gasteiger partial charge in [-0.15, -0.1) is 0 Å². The van der Waals surface area contributed by atoms with Crippen LogP contribution in [0.2, 0.25) is 30.8 Å². The summed E-state index contributed by atoms with van der Waals surface area (Å²) < 4.78 is 7.04. The number of aryl methyl sites for hydroxylation is 1. The molecule has 6 heteroatoms. The van der Waals surface area contributed by atoms with E-state index in [0.717, 1.165) is 12.3 Å². The number of hydrogen-bond donors (Lipinski definition) is 0. The maximum Gasteiger partial charge on any atom is 0.155 e. The zero-order chi connectivity index (χ0) is 13.1. The molecule has 0 spiro atoms. The average Bonchev–Trinajstić information content (AvgIpc) is 2.47. The predicted octanol–water partition coefficient (Wildman–Crippen LogP) is 2.97. The van der Waals surface area contributed by atoms with Crippen molar-refractivity contribution >= 4 is 26.0 Å². The lowest BCUT2D eigenvalue weighted by atomic mass is 10.3. The number of nitrogens with zero attached hydrogens (tertiary/aromatic N) is 2. The van der Waals surface area contributed by atoms with Crippen LogP contribution in [0.3, 0.4) is 0 Å². The Balaban J connectivity index is 2.50. The Morgan fingerprint density at radius 1 is 1.47 bits per heavy atom.